The molecule has 1 rings (SSSR count). The van der Waals surface area contributed by atoms with Crippen LogP contribution in [0, 0.1) is 5.82 Å². The second-order valence-corrected chi connectivity index (χ2v) is 1.80. The molecule has 0 radical (unpaired) electrons. The van der Waals surface area contributed by atoms with E-state index in [1.807, 2.05) is 0 Å². The van der Waals surface area contributed by atoms with Crippen molar-refractivity contribution in [2.75, 3.05) is 0 Å². The topological polar surface area (TPSA) is 40.1 Å². The molecule has 0 aromatic heterocycles. The average Bonchev–Trinajstić information content (AvgIpc) is 1.88. The van der Waals surface area contributed by atoms with Gasteiger partial charge in [-0.2, -0.15) is 0 Å². The molecule has 0 atom stereocenters. The molecule has 0 aliphatic heterocycles. The monoisotopic (exact) mass is 178 g/mol. The molecule has 0 fully saturated rings. The largest absolute Gasteiger partial charge is 1.00 e. The van der Waals surface area contributed by atoms with Gasteiger partial charge in [0.2, 0.25) is 0 Å². The molecule has 0 heterocycles. The summed E-state index contributed by atoms with van der Waals surface area (Å²) >= 11 is 0. The van der Waals surface area contributed by atoms with E-state index < -0.39 is 11.8 Å². The van der Waals surface area contributed by atoms with Crippen LogP contribution in [-0.2, 0) is 0 Å². The molecule has 0 spiro atoms. The van der Waals surface area contributed by atoms with Gasteiger partial charge in [-0.25, -0.2) is 4.39 Å². The molecule has 0 aliphatic rings. The van der Waals surface area contributed by atoms with E-state index >= 15 is 0 Å². The quantitative estimate of drug-likeness (QED) is 0.436. The van der Waals surface area contributed by atoms with Gasteiger partial charge >= 0.3 is 51.4 Å². The number of halogens is 1. The van der Waals surface area contributed by atoms with Gasteiger partial charge in [0.15, 0.2) is 0 Å². The first-order chi connectivity index (χ1) is 4.70. The Morgan fingerprint density at radius 2 is 2.09 bits per heavy atom. The average molecular weight is 178 g/mol. The summed E-state index contributed by atoms with van der Waals surface area (Å²) < 4.78 is 12.2. The summed E-state index contributed by atoms with van der Waals surface area (Å²) in [7, 11) is 0. The van der Waals surface area contributed by atoms with Crippen LogP contribution >= 0.6 is 0 Å². The minimum atomic E-state index is -1.36. The van der Waals surface area contributed by atoms with Crippen LogP contribution in [0.5, 0.6) is 0 Å². The zero-order chi connectivity index (χ0) is 7.56. The van der Waals surface area contributed by atoms with E-state index in [0.29, 0.717) is 0 Å². The fourth-order valence-electron chi connectivity index (χ4n) is 0.615. The third-order valence-corrected chi connectivity index (χ3v) is 1.06. The summed E-state index contributed by atoms with van der Waals surface area (Å²) in [5.41, 5.74) is -0.139. The van der Waals surface area contributed by atoms with Gasteiger partial charge in [-0.1, -0.05) is 12.1 Å². The Labute approximate surface area is 106 Å². The number of carboxylic acid groups (broad SMARTS) is 1. The van der Waals surface area contributed by atoms with Crippen LogP contribution in [0.25, 0.3) is 0 Å². The molecule has 0 N–H and O–H groups in total. The maximum atomic E-state index is 12.2. The Hall–Kier alpha value is 0.256. The number of hydrogen-bond acceptors (Lipinski definition) is 2. The summed E-state index contributed by atoms with van der Waals surface area (Å²) in [4.78, 5) is 10.1. The van der Waals surface area contributed by atoms with Crippen molar-refractivity contribution in [1.29, 1.82) is 0 Å². The number of benzene rings is 1. The number of aromatic carboxylic acids is 1. The van der Waals surface area contributed by atoms with Crippen molar-refractivity contribution >= 4 is 5.97 Å². The third-order valence-electron chi connectivity index (χ3n) is 1.06. The summed E-state index contributed by atoms with van der Waals surface area (Å²) in [5.74, 6) is -1.93. The van der Waals surface area contributed by atoms with E-state index in [4.69, 9.17) is 0 Å². The van der Waals surface area contributed by atoms with E-state index in [1.54, 1.807) is 0 Å². The predicted octanol–water partition coefficient (Wildman–Crippen LogP) is -2.81. The van der Waals surface area contributed by atoms with E-state index in [1.165, 1.54) is 18.2 Å². The minimum Gasteiger partial charge on any atom is -0.545 e. The van der Waals surface area contributed by atoms with Gasteiger partial charge in [0.25, 0.3) is 0 Å². The van der Waals surface area contributed by atoms with Crippen molar-refractivity contribution in [2.24, 2.45) is 0 Å². The van der Waals surface area contributed by atoms with E-state index in [9.17, 15) is 14.3 Å². The zero-order valence-electron chi connectivity index (χ0n) is 6.00. The fourth-order valence-corrected chi connectivity index (χ4v) is 0.615. The maximum Gasteiger partial charge on any atom is 1.00 e. The molecule has 0 amide bonds. The first-order valence-electron chi connectivity index (χ1n) is 2.67. The Balaban J connectivity index is 0.000001000. The third kappa shape index (κ3) is 3.44. The molecule has 52 valence electrons. The van der Waals surface area contributed by atoms with Crippen molar-refractivity contribution in [3.8, 4) is 0 Å². The van der Waals surface area contributed by atoms with Crippen molar-refractivity contribution in [3.05, 3.63) is 35.6 Å². The van der Waals surface area contributed by atoms with E-state index in [2.05, 4.69) is 0 Å². The SMILES string of the molecule is O=C([O-])c1cccc(F)c1.[K+]. The molecular formula is C7H4FKO2. The molecule has 1 aromatic carbocycles. The van der Waals surface area contributed by atoms with Crippen LogP contribution in [-0.4, -0.2) is 5.97 Å². The smallest absolute Gasteiger partial charge is 0.545 e. The van der Waals surface area contributed by atoms with Gasteiger partial charge in [-0.15, -0.1) is 0 Å². The summed E-state index contributed by atoms with van der Waals surface area (Å²) in [6.07, 6.45) is 0. The molecule has 11 heavy (non-hydrogen) atoms. The Bertz CT molecular complexity index is 262. The van der Waals surface area contributed by atoms with Crippen molar-refractivity contribution < 1.29 is 65.7 Å². The summed E-state index contributed by atoms with van der Waals surface area (Å²) in [6, 6.07) is 4.68. The second-order valence-electron chi connectivity index (χ2n) is 1.80. The van der Waals surface area contributed by atoms with Gasteiger partial charge in [-0.3, -0.25) is 0 Å². The molecule has 0 unspecified atom stereocenters. The number of carbonyl (C=O) groups excluding carboxylic acids is 1. The van der Waals surface area contributed by atoms with Gasteiger partial charge in [0.1, 0.15) is 5.82 Å². The van der Waals surface area contributed by atoms with Gasteiger partial charge in [-0.05, 0) is 12.1 Å². The van der Waals surface area contributed by atoms with Crippen LogP contribution < -0.4 is 56.5 Å². The van der Waals surface area contributed by atoms with Gasteiger partial charge < -0.3 is 9.90 Å². The van der Waals surface area contributed by atoms with Gasteiger partial charge in [0, 0.05) is 5.56 Å². The molecular weight excluding hydrogens is 174 g/mol. The summed E-state index contributed by atoms with van der Waals surface area (Å²) in [6.45, 7) is 0. The number of hydrogen-bond donors (Lipinski definition) is 0. The summed E-state index contributed by atoms with van der Waals surface area (Å²) in [5, 5.41) is 10.1. The molecule has 0 aliphatic carbocycles. The standard InChI is InChI=1S/C7H5FO2.K/c8-6-3-1-2-5(4-6)7(9)10;/h1-4H,(H,9,10);/q;+1/p-1. The molecule has 0 saturated carbocycles. The van der Waals surface area contributed by atoms with E-state index in [0.717, 1.165) is 6.07 Å². The van der Waals surface area contributed by atoms with Crippen LogP contribution in [0.3, 0.4) is 0 Å². The minimum absolute atomic E-state index is 0. The Kier molecular flexibility index (Phi) is 5.12. The normalized spacial score (nSPS) is 8.45. The predicted molar refractivity (Wildman–Crippen MR) is 30.7 cm³/mol. The zero-order valence-corrected chi connectivity index (χ0v) is 9.13. The number of rotatable bonds is 1. The second kappa shape index (κ2) is 5.00. The molecule has 0 bridgehead atoms. The number of carboxylic acids is 1. The first kappa shape index (κ1) is 11.3. The maximum absolute atomic E-state index is 12.2. The number of carbonyl (C=O) groups is 1. The van der Waals surface area contributed by atoms with Crippen molar-refractivity contribution in [1.82, 2.24) is 0 Å². The Morgan fingerprint density at radius 3 is 2.45 bits per heavy atom. The van der Waals surface area contributed by atoms with Crippen LogP contribution in [0.15, 0.2) is 24.3 Å². The fraction of sp³-hybridized carbons (Fsp3) is 0. The van der Waals surface area contributed by atoms with Crippen molar-refractivity contribution in [2.45, 2.75) is 0 Å². The van der Waals surface area contributed by atoms with Crippen molar-refractivity contribution in [3.63, 3.8) is 0 Å². The molecule has 1 aromatic rings. The Morgan fingerprint density at radius 1 is 1.45 bits per heavy atom. The molecule has 2 nitrogen and oxygen atoms in total. The van der Waals surface area contributed by atoms with Crippen LogP contribution in [0.2, 0.25) is 0 Å². The van der Waals surface area contributed by atoms with Crippen LogP contribution in [0.4, 0.5) is 4.39 Å². The van der Waals surface area contributed by atoms with Gasteiger partial charge in [0.05, 0.1) is 5.97 Å². The van der Waals surface area contributed by atoms with Crippen LogP contribution in [0.1, 0.15) is 10.4 Å². The molecule has 0 saturated heterocycles. The first-order valence-corrected chi connectivity index (χ1v) is 2.67. The van der Waals surface area contributed by atoms with E-state index in [-0.39, 0.29) is 56.9 Å². The molecule has 4 heteroatoms.